The van der Waals surface area contributed by atoms with E-state index >= 15 is 0 Å². The topological polar surface area (TPSA) is 131 Å². The number of hydrogen-bond acceptors (Lipinski definition) is 7. The summed E-state index contributed by atoms with van der Waals surface area (Å²) < 4.78 is 31.7. The Labute approximate surface area is 168 Å². The van der Waals surface area contributed by atoms with Gasteiger partial charge in [0.05, 0.1) is 16.1 Å². The zero-order valence-electron chi connectivity index (χ0n) is 15.8. The first-order valence-electron chi connectivity index (χ1n) is 8.39. The highest BCUT2D eigenvalue weighted by Gasteiger charge is 2.23. The molecule has 0 amide bonds. The van der Waals surface area contributed by atoms with Crippen molar-refractivity contribution in [1.29, 1.82) is 5.26 Å². The molecule has 0 aliphatic heterocycles. The first-order valence-corrected chi connectivity index (χ1v) is 9.83. The molecule has 150 valence electrons. The number of carbonyl (C=O) groups is 2. The van der Waals surface area contributed by atoms with Crippen molar-refractivity contribution < 1.29 is 22.7 Å². The van der Waals surface area contributed by atoms with Gasteiger partial charge in [0.25, 0.3) is 10.0 Å². The van der Waals surface area contributed by atoms with E-state index < -0.39 is 28.4 Å². The summed E-state index contributed by atoms with van der Waals surface area (Å²) in [7, 11) is -2.51. The van der Waals surface area contributed by atoms with Gasteiger partial charge in [-0.1, -0.05) is 24.3 Å². The van der Waals surface area contributed by atoms with E-state index in [0.717, 1.165) is 10.4 Å². The van der Waals surface area contributed by atoms with Crippen LogP contribution in [0.1, 0.15) is 17.3 Å². The Morgan fingerprint density at radius 2 is 1.79 bits per heavy atom. The summed E-state index contributed by atoms with van der Waals surface area (Å²) in [6, 6.07) is 15.4. The summed E-state index contributed by atoms with van der Waals surface area (Å²) in [6.07, 6.45) is 0. The molecule has 0 saturated carbocycles. The van der Waals surface area contributed by atoms with E-state index in [2.05, 4.69) is 0 Å². The van der Waals surface area contributed by atoms with Crippen molar-refractivity contribution in [2.45, 2.75) is 11.8 Å². The van der Waals surface area contributed by atoms with Crippen LogP contribution in [0.4, 0.5) is 5.69 Å². The van der Waals surface area contributed by atoms with Gasteiger partial charge in [0.2, 0.25) is 5.78 Å². The fourth-order valence-electron chi connectivity index (χ4n) is 2.38. The molecular formula is C20H19N3O5S. The van der Waals surface area contributed by atoms with Crippen molar-refractivity contribution in [3.63, 3.8) is 0 Å². The SMILES string of the molecule is C/C(N)=C(\C#N)C(=O)COC(=O)c1cccc(S(=O)(=O)N(C)c2ccccc2)c1. The van der Waals surface area contributed by atoms with Crippen LogP contribution in [-0.4, -0.2) is 33.8 Å². The molecule has 0 heterocycles. The van der Waals surface area contributed by atoms with Crippen LogP contribution in [0.15, 0.2) is 70.8 Å². The Balaban J connectivity index is 2.21. The lowest BCUT2D eigenvalue weighted by Gasteiger charge is -2.19. The second-order valence-corrected chi connectivity index (χ2v) is 7.97. The van der Waals surface area contributed by atoms with E-state index in [1.54, 1.807) is 36.4 Å². The number of nitrogens with two attached hydrogens (primary N) is 1. The minimum absolute atomic E-state index is 0.0191. The number of hydrogen-bond donors (Lipinski definition) is 1. The molecule has 0 atom stereocenters. The lowest BCUT2D eigenvalue weighted by atomic mass is 10.1. The highest BCUT2D eigenvalue weighted by Crippen LogP contribution is 2.22. The Morgan fingerprint density at radius 3 is 2.38 bits per heavy atom. The van der Waals surface area contributed by atoms with E-state index in [-0.39, 0.29) is 21.7 Å². The molecule has 2 aromatic rings. The predicted molar refractivity (Wildman–Crippen MR) is 106 cm³/mol. The summed E-state index contributed by atoms with van der Waals surface area (Å²) >= 11 is 0. The van der Waals surface area contributed by atoms with Crippen LogP contribution < -0.4 is 10.0 Å². The zero-order valence-corrected chi connectivity index (χ0v) is 16.6. The van der Waals surface area contributed by atoms with Gasteiger partial charge in [-0.25, -0.2) is 13.2 Å². The Kier molecular flexibility index (Phi) is 6.75. The Bertz CT molecular complexity index is 1100. The number of nitrogens with zero attached hydrogens (tertiary/aromatic N) is 2. The number of Topliss-reactive ketones (excluding diaryl/α,β-unsaturated/α-hetero) is 1. The second-order valence-electron chi connectivity index (χ2n) is 6.01. The van der Waals surface area contributed by atoms with E-state index in [1.165, 1.54) is 32.2 Å². The van der Waals surface area contributed by atoms with Crippen molar-refractivity contribution in [2.75, 3.05) is 18.0 Å². The van der Waals surface area contributed by atoms with Crippen molar-refractivity contribution in [3.8, 4) is 6.07 Å². The highest BCUT2D eigenvalue weighted by atomic mass is 32.2. The molecule has 0 fully saturated rings. The monoisotopic (exact) mass is 413 g/mol. The number of para-hydroxylation sites is 1. The number of carbonyl (C=O) groups excluding carboxylic acids is 2. The van der Waals surface area contributed by atoms with Crippen LogP contribution in [0.2, 0.25) is 0 Å². The predicted octanol–water partition coefficient (Wildman–Crippen LogP) is 1.99. The molecule has 0 radical (unpaired) electrons. The Morgan fingerprint density at radius 1 is 1.14 bits per heavy atom. The number of benzene rings is 2. The fourth-order valence-corrected chi connectivity index (χ4v) is 3.62. The van der Waals surface area contributed by atoms with E-state index in [9.17, 15) is 18.0 Å². The van der Waals surface area contributed by atoms with Gasteiger partial charge in [-0.3, -0.25) is 9.10 Å². The van der Waals surface area contributed by atoms with Crippen LogP contribution in [0.3, 0.4) is 0 Å². The highest BCUT2D eigenvalue weighted by molar-refractivity contribution is 7.92. The van der Waals surface area contributed by atoms with Crippen molar-refractivity contribution in [3.05, 3.63) is 71.4 Å². The van der Waals surface area contributed by atoms with E-state index in [1.807, 2.05) is 0 Å². The minimum Gasteiger partial charge on any atom is -0.454 e. The standard InChI is InChI=1S/C20H19N3O5S/c1-14(22)18(12-21)19(24)13-28-20(25)15-7-6-10-17(11-15)29(26,27)23(2)16-8-4-3-5-9-16/h3-11H,13,22H2,1-2H3/b18-14-. The molecule has 0 unspecified atom stereocenters. The molecule has 0 saturated heterocycles. The van der Waals surface area contributed by atoms with Gasteiger partial charge in [-0.2, -0.15) is 5.26 Å². The summed E-state index contributed by atoms with van der Waals surface area (Å²) in [6.45, 7) is 0.701. The maximum atomic E-state index is 12.8. The largest absolute Gasteiger partial charge is 0.454 e. The third-order valence-corrected chi connectivity index (χ3v) is 5.75. The molecule has 2 N–H and O–H groups in total. The van der Waals surface area contributed by atoms with Crippen LogP contribution in [0.5, 0.6) is 0 Å². The second kappa shape index (κ2) is 9.03. The number of sulfonamides is 1. The smallest absolute Gasteiger partial charge is 0.338 e. The van der Waals surface area contributed by atoms with Crippen LogP contribution >= 0.6 is 0 Å². The van der Waals surface area contributed by atoms with Crippen LogP contribution in [0, 0.1) is 11.3 Å². The molecule has 0 spiro atoms. The third-order valence-electron chi connectivity index (χ3n) is 3.97. The Hall–Kier alpha value is -3.64. The molecule has 2 rings (SSSR count). The third kappa shape index (κ3) is 5.00. The first kappa shape index (κ1) is 21.7. The van der Waals surface area contributed by atoms with Gasteiger partial charge < -0.3 is 10.5 Å². The van der Waals surface area contributed by atoms with E-state index in [4.69, 9.17) is 15.7 Å². The number of rotatable bonds is 7. The molecule has 0 aliphatic rings. The zero-order chi connectivity index (χ0) is 21.6. The quantitative estimate of drug-likeness (QED) is 0.417. The van der Waals surface area contributed by atoms with Gasteiger partial charge in [-0.15, -0.1) is 0 Å². The first-order chi connectivity index (χ1) is 13.7. The van der Waals surface area contributed by atoms with Crippen molar-refractivity contribution in [2.24, 2.45) is 5.73 Å². The molecule has 0 aliphatic carbocycles. The summed E-state index contributed by atoms with van der Waals surface area (Å²) in [5.74, 6) is -1.64. The summed E-state index contributed by atoms with van der Waals surface area (Å²) in [5, 5.41) is 8.90. The number of ether oxygens (including phenoxy) is 1. The fraction of sp³-hybridized carbons (Fsp3) is 0.150. The van der Waals surface area contributed by atoms with E-state index in [0.29, 0.717) is 5.69 Å². The van der Waals surface area contributed by atoms with Crippen LogP contribution in [-0.2, 0) is 19.6 Å². The van der Waals surface area contributed by atoms with Gasteiger partial charge in [0.1, 0.15) is 11.6 Å². The maximum absolute atomic E-state index is 12.8. The molecular weight excluding hydrogens is 394 g/mol. The maximum Gasteiger partial charge on any atom is 0.338 e. The van der Waals surface area contributed by atoms with Crippen molar-refractivity contribution in [1.82, 2.24) is 0 Å². The molecule has 0 bridgehead atoms. The number of nitriles is 1. The average molecular weight is 413 g/mol. The summed E-state index contributed by atoms with van der Waals surface area (Å²) in [5.41, 5.74) is 5.57. The molecule has 2 aromatic carbocycles. The van der Waals surface area contributed by atoms with Gasteiger partial charge in [-0.05, 0) is 37.3 Å². The molecule has 29 heavy (non-hydrogen) atoms. The number of ketones is 1. The molecule has 9 heteroatoms. The normalized spacial score (nSPS) is 11.8. The van der Waals surface area contributed by atoms with Gasteiger partial charge >= 0.3 is 5.97 Å². The minimum atomic E-state index is -3.92. The lowest BCUT2D eigenvalue weighted by molar-refractivity contribution is -0.118. The number of allylic oxidation sites excluding steroid dienone is 1. The number of esters is 1. The summed E-state index contributed by atoms with van der Waals surface area (Å²) in [4.78, 5) is 24.0. The van der Waals surface area contributed by atoms with Crippen molar-refractivity contribution >= 4 is 27.5 Å². The van der Waals surface area contributed by atoms with Gasteiger partial charge in [0.15, 0.2) is 6.61 Å². The molecule has 8 nitrogen and oxygen atoms in total. The number of anilines is 1. The van der Waals surface area contributed by atoms with Crippen LogP contribution in [0.25, 0.3) is 0 Å². The van der Waals surface area contributed by atoms with Gasteiger partial charge in [0, 0.05) is 12.7 Å². The molecule has 0 aromatic heterocycles. The lowest BCUT2D eigenvalue weighted by Crippen LogP contribution is -2.26. The average Bonchev–Trinajstić information content (AvgIpc) is 2.72.